The second-order valence-corrected chi connectivity index (χ2v) is 4.35. The van der Waals surface area contributed by atoms with E-state index in [1.165, 1.54) is 0 Å². The fraction of sp³-hybridized carbons (Fsp3) is 0.267. The Labute approximate surface area is 120 Å². The molecule has 21 heavy (non-hydrogen) atoms. The highest BCUT2D eigenvalue weighted by atomic mass is 16.5. The first-order valence-electron chi connectivity index (χ1n) is 6.59. The SMILES string of the molecule is CCOC(=O)c1cn(C(=O)CCc2ccccc2)oc1=O. The summed E-state index contributed by atoms with van der Waals surface area (Å²) in [6.45, 7) is 1.77. The Balaban J connectivity index is 2.05. The van der Waals surface area contributed by atoms with Crippen molar-refractivity contribution in [1.29, 1.82) is 0 Å². The molecule has 2 aromatic rings. The Hall–Kier alpha value is -2.63. The number of benzene rings is 1. The minimum Gasteiger partial charge on any atom is -0.462 e. The number of rotatable bonds is 5. The van der Waals surface area contributed by atoms with Gasteiger partial charge in [-0.3, -0.25) is 4.79 Å². The number of aryl methyl sites for hydroxylation is 1. The normalized spacial score (nSPS) is 10.3. The zero-order valence-electron chi connectivity index (χ0n) is 11.6. The van der Waals surface area contributed by atoms with Crippen LogP contribution in [0.2, 0.25) is 0 Å². The molecule has 0 spiro atoms. The van der Waals surface area contributed by atoms with E-state index in [1.54, 1.807) is 6.92 Å². The van der Waals surface area contributed by atoms with Gasteiger partial charge < -0.3 is 9.26 Å². The summed E-state index contributed by atoms with van der Waals surface area (Å²) in [6.07, 6.45) is 1.77. The third-order valence-corrected chi connectivity index (χ3v) is 2.86. The molecule has 0 radical (unpaired) electrons. The van der Waals surface area contributed by atoms with E-state index >= 15 is 0 Å². The van der Waals surface area contributed by atoms with Gasteiger partial charge in [-0.05, 0) is 18.9 Å². The zero-order valence-corrected chi connectivity index (χ0v) is 11.6. The van der Waals surface area contributed by atoms with Crippen molar-refractivity contribution in [3.05, 3.63) is 58.1 Å². The predicted molar refractivity (Wildman–Crippen MR) is 74.3 cm³/mol. The van der Waals surface area contributed by atoms with Crippen molar-refractivity contribution in [1.82, 2.24) is 4.74 Å². The topological polar surface area (TPSA) is 78.5 Å². The van der Waals surface area contributed by atoms with Crippen LogP contribution in [0.25, 0.3) is 0 Å². The van der Waals surface area contributed by atoms with Crippen LogP contribution in [0, 0.1) is 0 Å². The van der Waals surface area contributed by atoms with E-state index in [9.17, 15) is 14.4 Å². The number of ether oxygens (including phenoxy) is 1. The summed E-state index contributed by atoms with van der Waals surface area (Å²) in [5, 5.41) is 0. The molecule has 1 aromatic heterocycles. The molecule has 0 saturated carbocycles. The average Bonchev–Trinajstić information content (AvgIpc) is 2.88. The number of nitrogens with zero attached hydrogens (tertiary/aromatic N) is 1. The van der Waals surface area contributed by atoms with Gasteiger partial charge >= 0.3 is 11.6 Å². The Morgan fingerprint density at radius 2 is 1.95 bits per heavy atom. The third-order valence-electron chi connectivity index (χ3n) is 2.86. The predicted octanol–water partition coefficient (Wildman–Crippen LogP) is 1.89. The molecule has 0 aliphatic carbocycles. The van der Waals surface area contributed by atoms with Gasteiger partial charge in [0.1, 0.15) is 0 Å². The summed E-state index contributed by atoms with van der Waals surface area (Å²) >= 11 is 0. The van der Waals surface area contributed by atoms with Crippen LogP contribution < -0.4 is 5.63 Å². The first kappa shape index (κ1) is 14.8. The summed E-state index contributed by atoms with van der Waals surface area (Å²) in [4.78, 5) is 34.9. The van der Waals surface area contributed by atoms with E-state index in [2.05, 4.69) is 0 Å². The van der Waals surface area contributed by atoms with Crippen LogP contribution in [0.4, 0.5) is 0 Å². The van der Waals surface area contributed by atoms with Crippen LogP contribution >= 0.6 is 0 Å². The molecule has 0 saturated heterocycles. The number of aromatic nitrogens is 1. The lowest BCUT2D eigenvalue weighted by molar-refractivity contribution is 0.0523. The Kier molecular flexibility index (Phi) is 4.71. The van der Waals surface area contributed by atoms with Gasteiger partial charge in [-0.15, -0.1) is 4.74 Å². The van der Waals surface area contributed by atoms with Crippen LogP contribution in [0.1, 0.15) is 34.1 Å². The summed E-state index contributed by atoms with van der Waals surface area (Å²) in [7, 11) is 0. The number of hydrogen-bond acceptors (Lipinski definition) is 5. The van der Waals surface area contributed by atoms with E-state index < -0.39 is 17.5 Å². The number of carbonyl (C=O) groups is 2. The van der Waals surface area contributed by atoms with E-state index in [0.29, 0.717) is 6.42 Å². The van der Waals surface area contributed by atoms with Crippen molar-refractivity contribution in [2.24, 2.45) is 0 Å². The first-order valence-corrected chi connectivity index (χ1v) is 6.59. The van der Waals surface area contributed by atoms with Gasteiger partial charge in [-0.2, -0.15) is 0 Å². The lowest BCUT2D eigenvalue weighted by Gasteiger charge is -2.00. The maximum atomic E-state index is 11.9. The summed E-state index contributed by atoms with van der Waals surface area (Å²) in [5.41, 5.74) is -0.141. The first-order chi connectivity index (χ1) is 10.1. The fourth-order valence-electron chi connectivity index (χ4n) is 1.81. The highest BCUT2D eigenvalue weighted by Gasteiger charge is 2.19. The van der Waals surface area contributed by atoms with Crippen molar-refractivity contribution in [3.63, 3.8) is 0 Å². The van der Waals surface area contributed by atoms with Crippen LogP contribution in [0.15, 0.2) is 45.8 Å². The minimum atomic E-state index is -0.874. The van der Waals surface area contributed by atoms with Gasteiger partial charge in [-0.1, -0.05) is 30.3 Å². The van der Waals surface area contributed by atoms with Gasteiger partial charge in [-0.25, -0.2) is 9.59 Å². The largest absolute Gasteiger partial charge is 0.462 e. The molecule has 0 aliphatic heterocycles. The van der Waals surface area contributed by atoms with Crippen molar-refractivity contribution in [2.75, 3.05) is 6.61 Å². The van der Waals surface area contributed by atoms with Crippen LogP contribution in [-0.2, 0) is 11.2 Å². The lowest BCUT2D eigenvalue weighted by atomic mass is 10.1. The number of esters is 1. The molecule has 0 unspecified atom stereocenters. The van der Waals surface area contributed by atoms with Crippen molar-refractivity contribution >= 4 is 11.9 Å². The van der Waals surface area contributed by atoms with Gasteiger partial charge in [0.25, 0.3) is 5.91 Å². The molecule has 0 fully saturated rings. The number of carbonyl (C=O) groups excluding carboxylic acids is 2. The van der Waals surface area contributed by atoms with Crippen LogP contribution in [-0.4, -0.2) is 23.2 Å². The molecule has 1 aromatic carbocycles. The molecule has 0 bridgehead atoms. The Morgan fingerprint density at radius 3 is 2.62 bits per heavy atom. The fourth-order valence-corrected chi connectivity index (χ4v) is 1.81. The van der Waals surface area contributed by atoms with Gasteiger partial charge in [0.2, 0.25) is 0 Å². The van der Waals surface area contributed by atoms with Gasteiger partial charge in [0, 0.05) is 6.42 Å². The van der Waals surface area contributed by atoms with E-state index in [-0.39, 0.29) is 18.6 Å². The van der Waals surface area contributed by atoms with E-state index in [0.717, 1.165) is 16.5 Å². The molecule has 0 atom stereocenters. The van der Waals surface area contributed by atoms with Crippen molar-refractivity contribution in [2.45, 2.75) is 19.8 Å². The maximum Gasteiger partial charge on any atom is 0.372 e. The standard InChI is InChI=1S/C15H15NO5/c1-2-20-14(18)12-10-16(21-15(12)19)13(17)9-8-11-6-4-3-5-7-11/h3-7,10H,2,8-9H2,1H3. The van der Waals surface area contributed by atoms with Crippen molar-refractivity contribution in [3.8, 4) is 0 Å². The van der Waals surface area contributed by atoms with Crippen molar-refractivity contribution < 1.29 is 18.8 Å². The summed E-state index contributed by atoms with van der Waals surface area (Å²) in [5.74, 6) is -1.19. The molecular weight excluding hydrogens is 274 g/mol. The van der Waals surface area contributed by atoms with Crippen LogP contribution in [0.5, 0.6) is 0 Å². The molecule has 6 nitrogen and oxygen atoms in total. The molecular formula is C15H15NO5. The molecule has 0 N–H and O–H groups in total. The number of hydrogen-bond donors (Lipinski definition) is 0. The lowest BCUT2D eigenvalue weighted by Crippen LogP contribution is -2.12. The summed E-state index contributed by atoms with van der Waals surface area (Å²) < 4.78 is 10.2. The highest BCUT2D eigenvalue weighted by molar-refractivity contribution is 5.89. The quantitative estimate of drug-likeness (QED) is 0.785. The molecule has 1 heterocycles. The monoisotopic (exact) mass is 289 g/mol. The zero-order chi connectivity index (χ0) is 15.2. The molecule has 2 rings (SSSR count). The third kappa shape index (κ3) is 3.68. The Morgan fingerprint density at radius 1 is 1.24 bits per heavy atom. The van der Waals surface area contributed by atoms with Gasteiger partial charge in [0.05, 0.1) is 12.8 Å². The van der Waals surface area contributed by atoms with E-state index in [4.69, 9.17) is 9.26 Å². The molecule has 0 aliphatic rings. The van der Waals surface area contributed by atoms with E-state index in [1.807, 2.05) is 30.3 Å². The molecule has 110 valence electrons. The highest BCUT2D eigenvalue weighted by Crippen LogP contribution is 2.05. The molecule has 0 amide bonds. The second kappa shape index (κ2) is 6.69. The maximum absolute atomic E-state index is 11.9. The summed E-state index contributed by atoms with van der Waals surface area (Å²) in [6, 6.07) is 9.47. The minimum absolute atomic E-state index is 0.144. The Bertz CT molecular complexity index is 684. The average molecular weight is 289 g/mol. The van der Waals surface area contributed by atoms with Gasteiger partial charge in [0.15, 0.2) is 5.56 Å². The van der Waals surface area contributed by atoms with Crippen LogP contribution in [0.3, 0.4) is 0 Å². The smallest absolute Gasteiger partial charge is 0.372 e. The molecule has 6 heteroatoms. The second-order valence-electron chi connectivity index (χ2n) is 4.35.